The highest BCUT2D eigenvalue weighted by atomic mass is 79.9. The van der Waals surface area contributed by atoms with Crippen LogP contribution in [0.5, 0.6) is 0 Å². The number of hydrogen-bond donors (Lipinski definition) is 1. The molecule has 1 aliphatic rings. The maximum absolute atomic E-state index is 12.7. The van der Waals surface area contributed by atoms with Gasteiger partial charge in [-0.05, 0) is 36.4 Å². The molecule has 132 valence electrons. The van der Waals surface area contributed by atoms with Crippen molar-refractivity contribution in [3.8, 4) is 0 Å². The zero-order chi connectivity index (χ0) is 18.0. The Hall–Kier alpha value is -1.35. The van der Waals surface area contributed by atoms with E-state index in [9.17, 15) is 13.2 Å². The number of carbonyl (C=O) groups is 1. The fourth-order valence-corrected chi connectivity index (χ4v) is 4.65. The average Bonchev–Trinajstić information content (AvgIpc) is 2.62. The van der Waals surface area contributed by atoms with Crippen LogP contribution in [0.1, 0.15) is 10.4 Å². The second-order valence-electron chi connectivity index (χ2n) is 5.67. The Morgan fingerprint density at radius 3 is 2.16 bits per heavy atom. The zero-order valence-corrected chi connectivity index (χ0v) is 16.6. The monoisotopic (exact) mass is 440 g/mol. The summed E-state index contributed by atoms with van der Waals surface area (Å²) in [6.45, 7) is 1.27. The summed E-state index contributed by atoms with van der Waals surface area (Å²) < 4.78 is 27.6. The maximum Gasteiger partial charge on any atom is 0.255 e. The maximum atomic E-state index is 12.7. The molecule has 1 heterocycles. The molecule has 1 saturated heterocycles. The van der Waals surface area contributed by atoms with Gasteiger partial charge in [0, 0.05) is 35.5 Å². The van der Waals surface area contributed by atoms with E-state index < -0.39 is 10.0 Å². The van der Waals surface area contributed by atoms with Crippen LogP contribution in [0, 0.1) is 0 Å². The van der Waals surface area contributed by atoms with Crippen LogP contribution in [0.15, 0.2) is 62.8 Å². The highest BCUT2D eigenvalue weighted by Crippen LogP contribution is 2.21. The largest absolute Gasteiger partial charge is 0.336 e. The molecule has 5 nitrogen and oxygen atoms in total. The Morgan fingerprint density at radius 1 is 0.960 bits per heavy atom. The molecular formula is C17H17BrN2O3S2. The Balaban J connectivity index is 1.70. The Kier molecular flexibility index (Phi) is 5.52. The molecule has 0 aromatic heterocycles. The van der Waals surface area contributed by atoms with Gasteiger partial charge in [-0.2, -0.15) is 4.31 Å². The summed E-state index contributed by atoms with van der Waals surface area (Å²) in [4.78, 5) is 15.1. The zero-order valence-electron chi connectivity index (χ0n) is 13.3. The normalized spacial score (nSPS) is 16.0. The van der Waals surface area contributed by atoms with Crippen molar-refractivity contribution in [1.29, 1.82) is 0 Å². The van der Waals surface area contributed by atoms with E-state index in [-0.39, 0.29) is 23.9 Å². The molecule has 2 aromatic rings. The van der Waals surface area contributed by atoms with Crippen molar-refractivity contribution in [3.05, 3.63) is 58.6 Å². The predicted molar refractivity (Wildman–Crippen MR) is 102 cm³/mol. The van der Waals surface area contributed by atoms with Crippen LogP contribution < -0.4 is 0 Å². The molecule has 0 unspecified atom stereocenters. The number of amides is 1. The molecule has 0 N–H and O–H groups in total. The lowest BCUT2D eigenvalue weighted by Crippen LogP contribution is -2.50. The lowest BCUT2D eigenvalue weighted by atomic mass is 10.2. The minimum Gasteiger partial charge on any atom is -0.336 e. The lowest BCUT2D eigenvalue weighted by molar-refractivity contribution is 0.0694. The summed E-state index contributed by atoms with van der Waals surface area (Å²) in [6, 6.07) is 13.7. The van der Waals surface area contributed by atoms with E-state index in [4.69, 9.17) is 0 Å². The number of carbonyl (C=O) groups excluding carboxylic acids is 1. The quantitative estimate of drug-likeness (QED) is 0.746. The highest BCUT2D eigenvalue weighted by Gasteiger charge is 2.30. The van der Waals surface area contributed by atoms with E-state index >= 15 is 0 Å². The predicted octanol–water partition coefficient (Wildman–Crippen LogP) is 2.88. The van der Waals surface area contributed by atoms with Gasteiger partial charge < -0.3 is 4.90 Å². The summed E-state index contributed by atoms with van der Waals surface area (Å²) in [5, 5.41) is 0. The van der Waals surface area contributed by atoms with Crippen molar-refractivity contribution in [2.45, 2.75) is 9.79 Å². The van der Waals surface area contributed by atoms with Crippen molar-refractivity contribution in [3.63, 3.8) is 0 Å². The molecule has 0 radical (unpaired) electrons. The summed E-state index contributed by atoms with van der Waals surface area (Å²) in [7, 11) is -3.54. The number of benzene rings is 2. The standard InChI is InChI=1S/C17H17BrN2O3S2/c18-13-5-7-14(8-6-13)25(22,23)20-11-9-19(10-12-20)17(21)15-3-1-2-4-16(15)24/h1-8,24H,9-12H2. The third kappa shape index (κ3) is 3.92. The molecule has 3 rings (SSSR count). The number of hydrogen-bond acceptors (Lipinski definition) is 4. The number of rotatable bonds is 3. The Bertz CT molecular complexity index is 877. The average molecular weight is 441 g/mol. The fraction of sp³-hybridized carbons (Fsp3) is 0.235. The minimum absolute atomic E-state index is 0.119. The van der Waals surface area contributed by atoms with Crippen LogP contribution in [-0.4, -0.2) is 49.7 Å². The van der Waals surface area contributed by atoms with Gasteiger partial charge in [-0.1, -0.05) is 28.1 Å². The molecular weight excluding hydrogens is 424 g/mol. The first-order chi connectivity index (χ1) is 11.9. The number of halogens is 1. The molecule has 1 aliphatic heterocycles. The molecule has 1 fully saturated rings. The van der Waals surface area contributed by atoms with E-state index in [1.807, 2.05) is 6.07 Å². The number of nitrogens with zero attached hydrogens (tertiary/aromatic N) is 2. The summed E-state index contributed by atoms with van der Waals surface area (Å²) in [5.41, 5.74) is 0.537. The van der Waals surface area contributed by atoms with Crippen LogP contribution in [0.4, 0.5) is 0 Å². The van der Waals surface area contributed by atoms with Gasteiger partial charge in [0.2, 0.25) is 10.0 Å². The second-order valence-corrected chi connectivity index (χ2v) is 9.00. The highest BCUT2D eigenvalue weighted by molar-refractivity contribution is 9.10. The first-order valence-corrected chi connectivity index (χ1v) is 10.4. The first-order valence-electron chi connectivity index (χ1n) is 7.72. The van der Waals surface area contributed by atoms with Crippen LogP contribution in [0.2, 0.25) is 0 Å². The third-order valence-electron chi connectivity index (χ3n) is 4.11. The number of piperazine rings is 1. The van der Waals surface area contributed by atoms with Crippen molar-refractivity contribution >= 4 is 44.5 Å². The van der Waals surface area contributed by atoms with Crippen LogP contribution in [0.3, 0.4) is 0 Å². The van der Waals surface area contributed by atoms with Crippen molar-refractivity contribution in [2.75, 3.05) is 26.2 Å². The van der Waals surface area contributed by atoms with Gasteiger partial charge in [0.25, 0.3) is 5.91 Å². The molecule has 0 spiro atoms. The van der Waals surface area contributed by atoms with E-state index in [0.717, 1.165) is 4.47 Å². The van der Waals surface area contributed by atoms with Crippen molar-refractivity contribution < 1.29 is 13.2 Å². The van der Waals surface area contributed by atoms with Gasteiger partial charge in [0.15, 0.2) is 0 Å². The molecule has 0 bridgehead atoms. The number of thiol groups is 1. The molecule has 0 aliphatic carbocycles. The van der Waals surface area contributed by atoms with Gasteiger partial charge in [0.1, 0.15) is 0 Å². The second kappa shape index (κ2) is 7.49. The fourth-order valence-electron chi connectivity index (χ4n) is 2.71. The third-order valence-corrected chi connectivity index (χ3v) is 6.94. The summed E-state index contributed by atoms with van der Waals surface area (Å²) in [6.07, 6.45) is 0. The van der Waals surface area contributed by atoms with Gasteiger partial charge >= 0.3 is 0 Å². The summed E-state index contributed by atoms with van der Waals surface area (Å²) >= 11 is 7.62. The Morgan fingerprint density at radius 2 is 1.56 bits per heavy atom. The molecule has 0 atom stereocenters. The Labute approximate surface area is 161 Å². The smallest absolute Gasteiger partial charge is 0.255 e. The molecule has 25 heavy (non-hydrogen) atoms. The molecule has 0 saturated carbocycles. The van der Waals surface area contributed by atoms with Gasteiger partial charge in [-0.25, -0.2) is 8.42 Å². The van der Waals surface area contributed by atoms with Gasteiger partial charge in [-0.15, -0.1) is 12.6 Å². The summed E-state index contributed by atoms with van der Waals surface area (Å²) in [5.74, 6) is -0.119. The molecule has 1 amide bonds. The van der Waals surface area contributed by atoms with E-state index in [1.54, 1.807) is 47.4 Å². The van der Waals surface area contributed by atoms with Gasteiger partial charge in [0.05, 0.1) is 10.5 Å². The molecule has 8 heteroatoms. The lowest BCUT2D eigenvalue weighted by Gasteiger charge is -2.34. The van der Waals surface area contributed by atoms with E-state index in [1.165, 1.54) is 4.31 Å². The van der Waals surface area contributed by atoms with Gasteiger partial charge in [-0.3, -0.25) is 4.79 Å². The van der Waals surface area contributed by atoms with Crippen molar-refractivity contribution in [2.24, 2.45) is 0 Å². The first kappa shape index (κ1) is 18.4. The number of sulfonamides is 1. The van der Waals surface area contributed by atoms with E-state index in [2.05, 4.69) is 28.6 Å². The van der Waals surface area contributed by atoms with Crippen LogP contribution in [-0.2, 0) is 10.0 Å². The minimum atomic E-state index is -3.54. The topological polar surface area (TPSA) is 57.7 Å². The van der Waals surface area contributed by atoms with Crippen molar-refractivity contribution in [1.82, 2.24) is 9.21 Å². The SMILES string of the molecule is O=C(c1ccccc1S)N1CCN(S(=O)(=O)c2ccc(Br)cc2)CC1. The van der Waals surface area contributed by atoms with Crippen LogP contribution >= 0.6 is 28.6 Å². The molecule has 2 aromatic carbocycles. The van der Waals surface area contributed by atoms with Crippen LogP contribution in [0.25, 0.3) is 0 Å². The van der Waals surface area contributed by atoms with E-state index in [0.29, 0.717) is 23.5 Å².